The van der Waals surface area contributed by atoms with Gasteiger partial charge in [0.1, 0.15) is 23.9 Å². The van der Waals surface area contributed by atoms with Crippen LogP contribution in [0, 0.1) is 5.92 Å². The molecule has 42 heavy (non-hydrogen) atoms. The molecule has 1 saturated heterocycles. The monoisotopic (exact) mass is 580 g/mol. The van der Waals surface area contributed by atoms with Gasteiger partial charge in [-0.25, -0.2) is 0 Å². The molecular formula is C31H44N6O5. The number of carbonyl (C=O) groups excluding carboxylic acids is 4. The van der Waals surface area contributed by atoms with Crippen LogP contribution >= 0.6 is 0 Å². The fraction of sp³-hybridized carbons (Fsp3) is 0.581. The lowest BCUT2D eigenvalue weighted by Gasteiger charge is -2.34. The average Bonchev–Trinajstić information content (AvgIpc) is 3.50. The Labute approximate surface area is 247 Å². The molecule has 11 heteroatoms. The van der Waals surface area contributed by atoms with Gasteiger partial charge in [-0.3, -0.25) is 19.2 Å². The molecule has 1 aliphatic heterocycles. The quantitative estimate of drug-likeness (QED) is 0.372. The molecule has 1 saturated carbocycles. The van der Waals surface area contributed by atoms with Crippen LogP contribution in [0.3, 0.4) is 0 Å². The maximum absolute atomic E-state index is 13.5. The van der Waals surface area contributed by atoms with Crippen LogP contribution in [0.4, 0.5) is 5.69 Å². The number of nitrogens with one attached hydrogen (secondary N) is 3. The maximum atomic E-state index is 13.5. The van der Waals surface area contributed by atoms with Gasteiger partial charge in [0.15, 0.2) is 0 Å². The number of aryl methyl sites for hydroxylation is 1. The van der Waals surface area contributed by atoms with Gasteiger partial charge in [0.05, 0.1) is 5.69 Å². The Balaban J connectivity index is 1.43. The average molecular weight is 581 g/mol. The Bertz CT molecular complexity index is 1210. The minimum Gasteiger partial charge on any atom is -0.364 e. The van der Waals surface area contributed by atoms with Crippen LogP contribution in [0.2, 0.25) is 0 Å². The summed E-state index contributed by atoms with van der Waals surface area (Å²) >= 11 is 0. The Hall–Kier alpha value is -3.73. The second-order valence-electron chi connectivity index (χ2n) is 11.4. The Morgan fingerprint density at radius 2 is 1.67 bits per heavy atom. The SMILES string of the molecule is CCC(=O)N[C@H](Cc1ccc(NC(=O)[C@@H](NC(=O)c2conc2CC)C2CCCCC2)cc1)C(=O)N1CCN(C)CC1. The molecule has 11 nitrogen and oxygen atoms in total. The third kappa shape index (κ3) is 8.18. The number of hydrogen-bond acceptors (Lipinski definition) is 7. The van der Waals surface area contributed by atoms with Gasteiger partial charge >= 0.3 is 0 Å². The van der Waals surface area contributed by atoms with Crippen molar-refractivity contribution >= 4 is 29.3 Å². The fourth-order valence-corrected chi connectivity index (χ4v) is 5.71. The molecule has 0 spiro atoms. The molecule has 1 aliphatic carbocycles. The summed E-state index contributed by atoms with van der Waals surface area (Å²) in [6.45, 7) is 6.53. The molecule has 2 atom stereocenters. The Kier molecular flexibility index (Phi) is 11.1. The number of anilines is 1. The second kappa shape index (κ2) is 14.9. The molecule has 3 N–H and O–H groups in total. The van der Waals surface area contributed by atoms with Crippen LogP contribution < -0.4 is 16.0 Å². The summed E-state index contributed by atoms with van der Waals surface area (Å²) in [5.41, 5.74) is 2.38. The van der Waals surface area contributed by atoms with Gasteiger partial charge in [0, 0.05) is 44.7 Å². The first-order valence-electron chi connectivity index (χ1n) is 15.2. The maximum Gasteiger partial charge on any atom is 0.257 e. The standard InChI is InChI=1S/C31H44N6O5/c1-4-25-24(20-42-35-25)29(39)34-28(22-9-7-6-8-10-22)30(40)32-23-13-11-21(12-14-23)19-26(33-27(38)5-2)31(41)37-17-15-36(3)16-18-37/h11-14,20,22,26,28H,4-10,15-19H2,1-3H3,(H,32,40)(H,33,38)(H,34,39)/t26-,28+/m1/s1. The van der Waals surface area contributed by atoms with E-state index in [0.717, 1.165) is 50.8 Å². The smallest absolute Gasteiger partial charge is 0.257 e. The van der Waals surface area contributed by atoms with Gasteiger partial charge in [0.25, 0.3) is 5.91 Å². The second-order valence-corrected chi connectivity index (χ2v) is 11.4. The van der Waals surface area contributed by atoms with E-state index in [4.69, 9.17) is 4.52 Å². The van der Waals surface area contributed by atoms with Crippen molar-refractivity contribution in [2.45, 2.75) is 77.3 Å². The van der Waals surface area contributed by atoms with Gasteiger partial charge in [-0.05, 0) is 49.9 Å². The highest BCUT2D eigenvalue weighted by Crippen LogP contribution is 2.28. The van der Waals surface area contributed by atoms with Crippen LogP contribution in [0.1, 0.15) is 74.0 Å². The summed E-state index contributed by atoms with van der Waals surface area (Å²) in [5.74, 6) is -0.836. The molecular weight excluding hydrogens is 536 g/mol. The van der Waals surface area contributed by atoms with Gasteiger partial charge in [0.2, 0.25) is 17.7 Å². The molecule has 2 heterocycles. The minimum absolute atomic E-state index is 0.0374. The number of hydrogen-bond donors (Lipinski definition) is 3. The molecule has 228 valence electrons. The predicted octanol–water partition coefficient (Wildman–Crippen LogP) is 2.77. The molecule has 2 aliphatic rings. The van der Waals surface area contributed by atoms with Crippen molar-refractivity contribution in [1.29, 1.82) is 0 Å². The molecule has 2 aromatic rings. The summed E-state index contributed by atoms with van der Waals surface area (Å²) in [4.78, 5) is 56.1. The fourth-order valence-electron chi connectivity index (χ4n) is 5.71. The zero-order valence-corrected chi connectivity index (χ0v) is 25.0. The highest BCUT2D eigenvalue weighted by molar-refractivity contribution is 6.01. The van der Waals surface area contributed by atoms with E-state index in [1.165, 1.54) is 6.26 Å². The lowest BCUT2D eigenvalue weighted by atomic mass is 9.83. The zero-order valence-electron chi connectivity index (χ0n) is 25.0. The number of piperazine rings is 1. The molecule has 0 bridgehead atoms. The van der Waals surface area contributed by atoms with E-state index < -0.39 is 12.1 Å². The first kappa shape index (κ1) is 31.2. The molecule has 1 aromatic heterocycles. The van der Waals surface area contributed by atoms with Crippen molar-refractivity contribution in [3.63, 3.8) is 0 Å². The summed E-state index contributed by atoms with van der Waals surface area (Å²) in [7, 11) is 2.03. The molecule has 0 radical (unpaired) electrons. The molecule has 2 fully saturated rings. The van der Waals surface area contributed by atoms with Gasteiger partial charge in [-0.1, -0.05) is 50.4 Å². The minimum atomic E-state index is -0.688. The van der Waals surface area contributed by atoms with E-state index in [1.54, 1.807) is 19.1 Å². The summed E-state index contributed by atoms with van der Waals surface area (Å²) in [6, 6.07) is 5.96. The van der Waals surface area contributed by atoms with E-state index in [2.05, 4.69) is 26.0 Å². The number of likely N-dealkylation sites (N-methyl/N-ethyl adjacent to an activating group) is 1. The van der Waals surface area contributed by atoms with Gasteiger partial charge < -0.3 is 30.3 Å². The number of amides is 4. The van der Waals surface area contributed by atoms with E-state index in [-0.39, 0.29) is 29.5 Å². The van der Waals surface area contributed by atoms with Gasteiger partial charge in [-0.2, -0.15) is 0 Å². The van der Waals surface area contributed by atoms with E-state index >= 15 is 0 Å². The summed E-state index contributed by atoms with van der Waals surface area (Å²) in [6.07, 6.45) is 7.44. The van der Waals surface area contributed by atoms with Crippen LogP contribution in [-0.4, -0.2) is 83.9 Å². The van der Waals surface area contributed by atoms with Crippen LogP contribution in [-0.2, 0) is 27.2 Å². The largest absolute Gasteiger partial charge is 0.364 e. The van der Waals surface area contributed by atoms with Crippen molar-refractivity contribution in [1.82, 2.24) is 25.6 Å². The summed E-state index contributed by atoms with van der Waals surface area (Å²) in [5, 5.41) is 12.7. The van der Waals surface area contributed by atoms with Crippen molar-refractivity contribution in [3.8, 4) is 0 Å². The topological polar surface area (TPSA) is 137 Å². The van der Waals surface area contributed by atoms with Gasteiger partial charge in [-0.15, -0.1) is 0 Å². The molecule has 4 amide bonds. The van der Waals surface area contributed by atoms with E-state index in [0.29, 0.717) is 49.3 Å². The van der Waals surface area contributed by atoms with Crippen LogP contribution in [0.5, 0.6) is 0 Å². The number of aromatic nitrogens is 1. The van der Waals surface area contributed by atoms with Crippen molar-refractivity contribution < 1.29 is 23.7 Å². The number of rotatable bonds is 11. The normalized spacial score (nSPS) is 17.7. The number of benzene rings is 1. The Morgan fingerprint density at radius 3 is 2.31 bits per heavy atom. The number of carbonyl (C=O) groups is 4. The lowest BCUT2D eigenvalue weighted by Crippen LogP contribution is -2.54. The molecule has 0 unspecified atom stereocenters. The predicted molar refractivity (Wildman–Crippen MR) is 159 cm³/mol. The third-order valence-corrected chi connectivity index (χ3v) is 8.34. The Morgan fingerprint density at radius 1 is 0.976 bits per heavy atom. The first-order chi connectivity index (χ1) is 20.3. The van der Waals surface area contributed by atoms with Crippen LogP contribution in [0.25, 0.3) is 0 Å². The van der Waals surface area contributed by atoms with E-state index in [9.17, 15) is 19.2 Å². The van der Waals surface area contributed by atoms with Crippen LogP contribution in [0.15, 0.2) is 35.1 Å². The zero-order chi connectivity index (χ0) is 30.1. The number of nitrogens with zero attached hydrogens (tertiary/aromatic N) is 3. The third-order valence-electron chi connectivity index (χ3n) is 8.34. The van der Waals surface area contributed by atoms with Crippen molar-refractivity contribution in [2.24, 2.45) is 5.92 Å². The highest BCUT2D eigenvalue weighted by atomic mass is 16.5. The van der Waals surface area contributed by atoms with Crippen molar-refractivity contribution in [3.05, 3.63) is 47.3 Å². The highest BCUT2D eigenvalue weighted by Gasteiger charge is 2.32. The molecule has 1 aromatic carbocycles. The lowest BCUT2D eigenvalue weighted by molar-refractivity contribution is -0.137. The van der Waals surface area contributed by atoms with E-state index in [1.807, 2.05) is 31.0 Å². The van der Waals surface area contributed by atoms with Crippen molar-refractivity contribution in [2.75, 3.05) is 38.5 Å². The summed E-state index contributed by atoms with van der Waals surface area (Å²) < 4.78 is 5.00. The first-order valence-corrected chi connectivity index (χ1v) is 15.2. The molecule has 4 rings (SSSR count).